The van der Waals surface area contributed by atoms with Gasteiger partial charge in [0.2, 0.25) is 12.4 Å². The van der Waals surface area contributed by atoms with Gasteiger partial charge in [-0.1, -0.05) is 0 Å². The molecule has 0 aromatic heterocycles. The molecule has 178 valence electrons. The van der Waals surface area contributed by atoms with E-state index in [0.717, 1.165) is 26.8 Å². The van der Waals surface area contributed by atoms with Gasteiger partial charge in [0.25, 0.3) is 0 Å². The highest BCUT2D eigenvalue weighted by atomic mass is 16.7. The molecular weight excluding hydrogens is 432 g/mol. The van der Waals surface area contributed by atoms with Gasteiger partial charge in [-0.25, -0.2) is 4.79 Å². The van der Waals surface area contributed by atoms with Gasteiger partial charge in [-0.2, -0.15) is 0 Å². The molecule has 0 bridgehead atoms. The zero-order valence-corrected chi connectivity index (χ0v) is 18.4. The fourth-order valence-corrected chi connectivity index (χ4v) is 3.26. The molecule has 1 saturated heterocycles. The van der Waals surface area contributed by atoms with Crippen molar-refractivity contribution >= 4 is 29.8 Å². The van der Waals surface area contributed by atoms with Crippen LogP contribution in [0.3, 0.4) is 0 Å². The Bertz CT molecular complexity index is 787. The number of hydrogen-bond acceptors (Lipinski definition) is 12. The van der Waals surface area contributed by atoms with E-state index in [4.69, 9.17) is 33.2 Å². The molecule has 2 heterocycles. The van der Waals surface area contributed by atoms with Crippen LogP contribution in [0.25, 0.3) is 0 Å². The van der Waals surface area contributed by atoms with E-state index >= 15 is 0 Å². The molecule has 0 radical (unpaired) electrons. The van der Waals surface area contributed by atoms with E-state index in [2.05, 4.69) is 0 Å². The molecule has 0 N–H and O–H groups in total. The molecule has 0 aliphatic carbocycles. The molecular formula is C20H26O12. The van der Waals surface area contributed by atoms with E-state index in [1.165, 1.54) is 6.92 Å². The first-order valence-corrected chi connectivity index (χ1v) is 9.84. The van der Waals surface area contributed by atoms with Crippen LogP contribution in [0.5, 0.6) is 0 Å². The quantitative estimate of drug-likeness (QED) is 0.381. The lowest BCUT2D eigenvalue weighted by atomic mass is 9.98. The summed E-state index contributed by atoms with van der Waals surface area (Å²) in [5, 5.41) is 0. The van der Waals surface area contributed by atoms with Crippen molar-refractivity contribution in [3.8, 4) is 0 Å². The molecule has 0 amide bonds. The summed E-state index contributed by atoms with van der Waals surface area (Å²) in [5.74, 6) is -3.35. The van der Waals surface area contributed by atoms with Crippen molar-refractivity contribution in [2.24, 2.45) is 0 Å². The van der Waals surface area contributed by atoms with Crippen LogP contribution in [-0.2, 0) is 57.1 Å². The van der Waals surface area contributed by atoms with Crippen molar-refractivity contribution in [1.29, 1.82) is 0 Å². The van der Waals surface area contributed by atoms with Crippen LogP contribution in [0.1, 0.15) is 41.0 Å². The Labute approximate surface area is 184 Å². The summed E-state index contributed by atoms with van der Waals surface area (Å²) in [7, 11) is 0. The Kier molecular flexibility index (Phi) is 8.58. The smallest absolute Gasteiger partial charge is 0.334 e. The van der Waals surface area contributed by atoms with Crippen LogP contribution in [0.4, 0.5) is 0 Å². The number of rotatable bonds is 7. The van der Waals surface area contributed by atoms with Crippen molar-refractivity contribution in [1.82, 2.24) is 0 Å². The highest BCUT2D eigenvalue weighted by Gasteiger charge is 2.53. The van der Waals surface area contributed by atoms with Crippen LogP contribution in [0.15, 0.2) is 11.8 Å². The minimum absolute atomic E-state index is 0.176. The second kappa shape index (κ2) is 10.9. The summed E-state index contributed by atoms with van der Waals surface area (Å²) in [6.07, 6.45) is -5.71. The topological polar surface area (TPSA) is 150 Å². The standard InChI is InChI=1S/C20H26O12/c1-9-6-14(7-16(25)27-9)31-20-19(30-13(5)24)18(29-12(4)23)17(28-11(3)22)15(32-20)8-26-10(2)21/h7,9,15,17-20H,6,8H2,1-5H3/t9-,15+,17+,18-,19+,20+/m0/s1. The number of carbonyl (C=O) groups is 5. The van der Waals surface area contributed by atoms with Gasteiger partial charge >= 0.3 is 29.8 Å². The maximum absolute atomic E-state index is 11.8. The van der Waals surface area contributed by atoms with Gasteiger partial charge in [0.15, 0.2) is 12.2 Å². The lowest BCUT2D eigenvalue weighted by Gasteiger charge is -2.44. The predicted octanol–water partition coefficient (Wildman–Crippen LogP) is 0.305. The van der Waals surface area contributed by atoms with E-state index in [9.17, 15) is 24.0 Å². The van der Waals surface area contributed by atoms with Gasteiger partial charge in [-0.3, -0.25) is 19.2 Å². The van der Waals surface area contributed by atoms with E-state index in [0.29, 0.717) is 0 Å². The van der Waals surface area contributed by atoms with Crippen LogP contribution >= 0.6 is 0 Å². The molecule has 2 aliphatic rings. The SMILES string of the molecule is CC(=O)OC[C@H]1O[C@@H](OC2=CC(=O)O[C@@H](C)C2)[C@H](OC(C)=O)[C@@H](OC(C)=O)[C@@H]1OC(C)=O. The van der Waals surface area contributed by atoms with Crippen LogP contribution in [0, 0.1) is 0 Å². The lowest BCUT2D eigenvalue weighted by molar-refractivity contribution is -0.301. The molecule has 12 heteroatoms. The van der Waals surface area contributed by atoms with Crippen molar-refractivity contribution in [2.75, 3.05) is 6.61 Å². The number of cyclic esters (lactones) is 1. The average molecular weight is 458 g/mol. The Morgan fingerprint density at radius 3 is 2.00 bits per heavy atom. The maximum atomic E-state index is 11.8. The molecule has 2 rings (SSSR count). The molecule has 1 fully saturated rings. The monoisotopic (exact) mass is 458 g/mol. The Balaban J connectivity index is 2.42. The van der Waals surface area contributed by atoms with Crippen LogP contribution < -0.4 is 0 Å². The van der Waals surface area contributed by atoms with Gasteiger partial charge in [-0.15, -0.1) is 0 Å². The summed E-state index contributed by atoms with van der Waals surface area (Å²) in [6, 6.07) is 0. The minimum atomic E-state index is -1.39. The Morgan fingerprint density at radius 1 is 0.906 bits per heavy atom. The first-order valence-electron chi connectivity index (χ1n) is 9.84. The van der Waals surface area contributed by atoms with Crippen molar-refractivity contribution in [2.45, 2.75) is 77.8 Å². The second-order valence-electron chi connectivity index (χ2n) is 7.25. The van der Waals surface area contributed by atoms with E-state index in [-0.39, 0.29) is 18.8 Å². The number of esters is 5. The van der Waals surface area contributed by atoms with Gasteiger partial charge < -0.3 is 33.2 Å². The van der Waals surface area contributed by atoms with Gasteiger partial charge in [0.1, 0.15) is 24.6 Å². The summed E-state index contributed by atoms with van der Waals surface area (Å²) >= 11 is 0. The first-order chi connectivity index (χ1) is 15.0. The Hall–Kier alpha value is -3.15. The molecule has 0 aromatic carbocycles. The predicted molar refractivity (Wildman–Crippen MR) is 101 cm³/mol. The summed E-state index contributed by atoms with van der Waals surface area (Å²) in [4.78, 5) is 58.3. The third-order valence-corrected chi connectivity index (χ3v) is 4.30. The molecule has 0 spiro atoms. The molecule has 2 aliphatic heterocycles. The molecule has 0 aromatic rings. The highest BCUT2D eigenvalue weighted by Crippen LogP contribution is 2.32. The molecule has 0 unspecified atom stereocenters. The highest BCUT2D eigenvalue weighted by molar-refractivity contribution is 5.83. The fourth-order valence-electron chi connectivity index (χ4n) is 3.26. The normalized spacial score (nSPS) is 29.7. The van der Waals surface area contributed by atoms with E-state index in [1.54, 1.807) is 6.92 Å². The van der Waals surface area contributed by atoms with Crippen molar-refractivity contribution < 1.29 is 57.1 Å². The van der Waals surface area contributed by atoms with Gasteiger partial charge in [0, 0.05) is 34.1 Å². The first kappa shape index (κ1) is 25.1. The molecule has 0 saturated carbocycles. The molecule has 12 nitrogen and oxygen atoms in total. The number of hydrogen-bond donors (Lipinski definition) is 0. The molecule has 6 atom stereocenters. The lowest BCUT2D eigenvalue weighted by Crippen LogP contribution is -2.62. The largest absolute Gasteiger partial charge is 0.465 e. The minimum Gasteiger partial charge on any atom is -0.465 e. The van der Waals surface area contributed by atoms with Crippen molar-refractivity contribution in [3.63, 3.8) is 0 Å². The Morgan fingerprint density at radius 2 is 1.47 bits per heavy atom. The van der Waals surface area contributed by atoms with Crippen LogP contribution in [0.2, 0.25) is 0 Å². The van der Waals surface area contributed by atoms with Gasteiger partial charge in [0.05, 0.1) is 6.08 Å². The average Bonchev–Trinajstić information content (AvgIpc) is 2.63. The zero-order valence-electron chi connectivity index (χ0n) is 18.4. The number of ether oxygens (including phenoxy) is 7. The third kappa shape index (κ3) is 7.22. The summed E-state index contributed by atoms with van der Waals surface area (Å²) < 4.78 is 37.5. The summed E-state index contributed by atoms with van der Waals surface area (Å²) in [6.45, 7) is 5.80. The third-order valence-electron chi connectivity index (χ3n) is 4.30. The molecule has 32 heavy (non-hydrogen) atoms. The van der Waals surface area contributed by atoms with E-state index in [1.807, 2.05) is 0 Å². The van der Waals surface area contributed by atoms with Crippen LogP contribution in [-0.4, -0.2) is 73.3 Å². The number of carbonyl (C=O) groups excluding carboxylic acids is 5. The second-order valence-corrected chi connectivity index (χ2v) is 7.25. The maximum Gasteiger partial charge on any atom is 0.334 e. The summed E-state index contributed by atoms with van der Waals surface area (Å²) in [5.41, 5.74) is 0. The van der Waals surface area contributed by atoms with Crippen molar-refractivity contribution in [3.05, 3.63) is 11.8 Å². The van der Waals surface area contributed by atoms with E-state index < -0.39 is 66.7 Å². The fraction of sp³-hybridized carbons (Fsp3) is 0.650. The van der Waals surface area contributed by atoms with Gasteiger partial charge in [-0.05, 0) is 6.92 Å². The zero-order chi connectivity index (χ0) is 24.0.